The number of benzene rings is 1. The first kappa shape index (κ1) is 11.1. The first-order chi connectivity index (χ1) is 7.54. The van der Waals surface area contributed by atoms with Crippen molar-refractivity contribution in [3.8, 4) is 0 Å². The van der Waals surface area contributed by atoms with E-state index >= 15 is 0 Å². The maximum Gasteiger partial charge on any atom is 0.129 e. The molecule has 0 saturated heterocycles. The molecule has 0 bridgehead atoms. The molecule has 0 N–H and O–H groups in total. The van der Waals surface area contributed by atoms with Crippen LogP contribution in [-0.2, 0) is 4.79 Å². The number of carbonyl (C=O) groups excluding carboxylic acids is 1. The number of aryl methyl sites for hydroxylation is 1. The second kappa shape index (κ2) is 3.89. The average Bonchev–Trinajstić information content (AvgIpc) is 2.56. The molecule has 1 atom stereocenters. The third-order valence-corrected chi connectivity index (χ3v) is 3.16. The van der Waals surface area contributed by atoms with Crippen LogP contribution in [0.1, 0.15) is 30.9 Å². The zero-order chi connectivity index (χ0) is 11.9. The Labute approximate surface area is 95.1 Å². The minimum absolute atomic E-state index is 0.188. The van der Waals surface area contributed by atoms with Gasteiger partial charge in [0.2, 0.25) is 0 Å². The molecule has 1 aromatic carbocycles. The summed E-state index contributed by atoms with van der Waals surface area (Å²) in [6.45, 7) is 6.73. The van der Waals surface area contributed by atoms with Gasteiger partial charge in [0.25, 0.3) is 0 Å². The van der Waals surface area contributed by atoms with Gasteiger partial charge in [-0.15, -0.1) is 0 Å². The second-order valence-corrected chi connectivity index (χ2v) is 4.65. The van der Waals surface area contributed by atoms with Gasteiger partial charge >= 0.3 is 0 Å². The molecule has 2 nitrogen and oxygen atoms in total. The Morgan fingerprint density at radius 1 is 1.50 bits per heavy atom. The van der Waals surface area contributed by atoms with E-state index in [1.807, 2.05) is 6.92 Å². The zero-order valence-corrected chi connectivity index (χ0v) is 9.83. The number of aldehydes is 1. The molecule has 0 saturated carbocycles. The van der Waals surface area contributed by atoms with Gasteiger partial charge in [0, 0.05) is 18.3 Å². The minimum atomic E-state index is -0.256. The average molecular weight is 221 g/mol. The first-order valence-electron chi connectivity index (χ1n) is 5.56. The van der Waals surface area contributed by atoms with E-state index < -0.39 is 0 Å². The summed E-state index contributed by atoms with van der Waals surface area (Å²) in [4.78, 5) is 13.2. The monoisotopic (exact) mass is 221 g/mol. The number of rotatable bonds is 2. The zero-order valence-electron chi connectivity index (χ0n) is 9.83. The lowest BCUT2D eigenvalue weighted by Crippen LogP contribution is -2.30. The summed E-state index contributed by atoms with van der Waals surface area (Å²) >= 11 is 0. The highest BCUT2D eigenvalue weighted by Crippen LogP contribution is 2.39. The van der Waals surface area contributed by atoms with Gasteiger partial charge in [-0.25, -0.2) is 4.39 Å². The molecular weight excluding hydrogens is 205 g/mol. The van der Waals surface area contributed by atoms with Crippen molar-refractivity contribution in [3.63, 3.8) is 0 Å². The number of carbonyl (C=O) groups is 1. The molecule has 1 aliphatic rings. The number of hydrogen-bond acceptors (Lipinski definition) is 2. The molecule has 86 valence electrons. The summed E-state index contributed by atoms with van der Waals surface area (Å²) in [7, 11) is 0. The van der Waals surface area contributed by atoms with Crippen LogP contribution in [0.5, 0.6) is 0 Å². The number of fused-ring (bicyclic) bond motifs is 1. The van der Waals surface area contributed by atoms with E-state index in [0.29, 0.717) is 12.6 Å². The predicted octanol–water partition coefficient (Wildman–Crippen LogP) is 2.65. The number of hydrogen-bond donors (Lipinski definition) is 0. The van der Waals surface area contributed by atoms with Crippen molar-refractivity contribution in [1.82, 2.24) is 0 Å². The van der Waals surface area contributed by atoms with Crippen molar-refractivity contribution in [1.29, 1.82) is 0 Å². The van der Waals surface area contributed by atoms with Gasteiger partial charge in [0.15, 0.2) is 0 Å². The van der Waals surface area contributed by atoms with E-state index in [1.54, 1.807) is 0 Å². The summed E-state index contributed by atoms with van der Waals surface area (Å²) < 4.78 is 13.3. The SMILES string of the molecule is Cc1cc(F)cc2c1N(C(C)C)CC2C=O. The fourth-order valence-corrected chi connectivity index (χ4v) is 2.42. The summed E-state index contributed by atoms with van der Waals surface area (Å²) in [5, 5.41) is 0. The molecule has 0 radical (unpaired) electrons. The Kier molecular flexibility index (Phi) is 2.70. The molecule has 2 rings (SSSR count). The minimum Gasteiger partial charge on any atom is -0.368 e. The molecule has 0 aliphatic carbocycles. The number of anilines is 1. The first-order valence-corrected chi connectivity index (χ1v) is 5.56. The maximum absolute atomic E-state index is 13.3. The lowest BCUT2D eigenvalue weighted by Gasteiger charge is -2.25. The fourth-order valence-electron chi connectivity index (χ4n) is 2.42. The van der Waals surface area contributed by atoms with Crippen LogP contribution in [0.3, 0.4) is 0 Å². The molecular formula is C13H16FNO. The van der Waals surface area contributed by atoms with Crippen molar-refractivity contribution in [2.45, 2.75) is 32.7 Å². The smallest absolute Gasteiger partial charge is 0.129 e. The molecule has 16 heavy (non-hydrogen) atoms. The van der Waals surface area contributed by atoms with E-state index in [1.165, 1.54) is 12.1 Å². The Balaban J connectivity index is 2.57. The molecule has 0 aromatic heterocycles. The second-order valence-electron chi connectivity index (χ2n) is 4.65. The van der Waals surface area contributed by atoms with Crippen LogP contribution in [0.4, 0.5) is 10.1 Å². The van der Waals surface area contributed by atoms with Gasteiger partial charge in [-0.2, -0.15) is 0 Å². The molecule has 1 heterocycles. The lowest BCUT2D eigenvalue weighted by atomic mass is 10.0. The molecule has 1 aromatic rings. The van der Waals surface area contributed by atoms with Crippen molar-refractivity contribution >= 4 is 12.0 Å². The van der Waals surface area contributed by atoms with E-state index in [0.717, 1.165) is 23.1 Å². The molecule has 0 spiro atoms. The van der Waals surface area contributed by atoms with E-state index in [4.69, 9.17) is 0 Å². The Morgan fingerprint density at radius 2 is 2.19 bits per heavy atom. The summed E-state index contributed by atoms with van der Waals surface area (Å²) in [6, 6.07) is 3.35. The van der Waals surface area contributed by atoms with Gasteiger partial charge < -0.3 is 9.69 Å². The van der Waals surface area contributed by atoms with Crippen LogP contribution in [0, 0.1) is 12.7 Å². The van der Waals surface area contributed by atoms with Gasteiger partial charge in [0.1, 0.15) is 12.1 Å². The van der Waals surface area contributed by atoms with E-state index in [9.17, 15) is 9.18 Å². The third kappa shape index (κ3) is 1.60. The summed E-state index contributed by atoms with van der Waals surface area (Å²) in [6.07, 6.45) is 0.917. The number of nitrogens with zero attached hydrogens (tertiary/aromatic N) is 1. The van der Waals surface area contributed by atoms with Crippen LogP contribution in [0.15, 0.2) is 12.1 Å². The summed E-state index contributed by atoms with van der Waals surface area (Å²) in [5.74, 6) is -0.444. The molecule has 1 unspecified atom stereocenters. The van der Waals surface area contributed by atoms with Crippen molar-refractivity contribution in [2.24, 2.45) is 0 Å². The molecule has 1 aliphatic heterocycles. The quantitative estimate of drug-likeness (QED) is 0.715. The number of halogens is 1. The van der Waals surface area contributed by atoms with E-state index in [2.05, 4.69) is 18.7 Å². The molecule has 0 amide bonds. The largest absolute Gasteiger partial charge is 0.368 e. The Morgan fingerprint density at radius 3 is 2.75 bits per heavy atom. The molecule has 0 fully saturated rings. The van der Waals surface area contributed by atoms with Crippen LogP contribution in [-0.4, -0.2) is 18.9 Å². The lowest BCUT2D eigenvalue weighted by molar-refractivity contribution is -0.108. The normalized spacial score (nSPS) is 19.1. The molecule has 3 heteroatoms. The highest BCUT2D eigenvalue weighted by molar-refractivity contribution is 5.76. The van der Waals surface area contributed by atoms with Gasteiger partial charge in [-0.3, -0.25) is 0 Å². The van der Waals surface area contributed by atoms with Crippen molar-refractivity contribution in [2.75, 3.05) is 11.4 Å². The van der Waals surface area contributed by atoms with Crippen molar-refractivity contribution in [3.05, 3.63) is 29.1 Å². The van der Waals surface area contributed by atoms with Crippen LogP contribution in [0.2, 0.25) is 0 Å². The highest BCUT2D eigenvalue weighted by Gasteiger charge is 2.31. The topological polar surface area (TPSA) is 20.3 Å². The fraction of sp³-hybridized carbons (Fsp3) is 0.462. The van der Waals surface area contributed by atoms with Crippen molar-refractivity contribution < 1.29 is 9.18 Å². The Hall–Kier alpha value is -1.38. The third-order valence-electron chi connectivity index (χ3n) is 3.16. The summed E-state index contributed by atoms with van der Waals surface area (Å²) in [5.41, 5.74) is 2.78. The van der Waals surface area contributed by atoms with Gasteiger partial charge in [-0.1, -0.05) is 0 Å². The Bertz CT molecular complexity index is 428. The van der Waals surface area contributed by atoms with Crippen LogP contribution < -0.4 is 4.90 Å². The van der Waals surface area contributed by atoms with Gasteiger partial charge in [-0.05, 0) is 44.0 Å². The van der Waals surface area contributed by atoms with Crippen LogP contribution in [0.25, 0.3) is 0 Å². The van der Waals surface area contributed by atoms with Crippen LogP contribution >= 0.6 is 0 Å². The maximum atomic E-state index is 13.3. The highest BCUT2D eigenvalue weighted by atomic mass is 19.1. The van der Waals surface area contributed by atoms with Gasteiger partial charge in [0.05, 0.1) is 5.92 Å². The predicted molar refractivity (Wildman–Crippen MR) is 62.4 cm³/mol. The van der Waals surface area contributed by atoms with E-state index in [-0.39, 0.29) is 11.7 Å². The standard InChI is InChI=1S/C13H16FNO/c1-8(2)15-6-10(7-16)12-5-11(14)4-9(3)13(12)15/h4-5,7-8,10H,6H2,1-3H3.